The molecular formula is C10H16O6. The average molecular weight is 232 g/mol. The fraction of sp³-hybridized carbons (Fsp3) is 0.800. The molecule has 1 fully saturated rings. The number of carbonyl (C=O) groups is 2. The Kier molecular flexibility index (Phi) is 4.70. The van der Waals surface area contributed by atoms with E-state index in [-0.39, 0.29) is 6.61 Å². The first-order chi connectivity index (χ1) is 7.50. The number of hydrogen-bond donors (Lipinski definition) is 1. The molecule has 92 valence electrons. The summed E-state index contributed by atoms with van der Waals surface area (Å²) in [7, 11) is 0. The Balaban J connectivity index is 2.46. The van der Waals surface area contributed by atoms with Crippen molar-refractivity contribution in [3.63, 3.8) is 0 Å². The van der Waals surface area contributed by atoms with Gasteiger partial charge in [-0.2, -0.15) is 0 Å². The normalized spacial score (nSPS) is 29.6. The Bertz CT molecular complexity index is 264. The predicted molar refractivity (Wildman–Crippen MR) is 52.6 cm³/mol. The maximum atomic E-state index is 10.8. The average Bonchev–Trinajstić information content (AvgIpc) is 2.18. The summed E-state index contributed by atoms with van der Waals surface area (Å²) in [5.41, 5.74) is 0. The molecule has 0 radical (unpaired) electrons. The number of aliphatic hydroxyl groups is 1. The fourth-order valence-corrected chi connectivity index (χ4v) is 1.53. The van der Waals surface area contributed by atoms with Crippen molar-refractivity contribution < 1.29 is 28.9 Å². The first kappa shape index (κ1) is 12.9. The van der Waals surface area contributed by atoms with E-state index in [1.165, 1.54) is 13.8 Å². The molecule has 0 saturated carbocycles. The summed E-state index contributed by atoms with van der Waals surface area (Å²) in [6, 6.07) is 0. The Hall–Kier alpha value is -1.14. The van der Waals surface area contributed by atoms with E-state index in [4.69, 9.17) is 14.2 Å². The Morgan fingerprint density at radius 1 is 1.38 bits per heavy atom. The van der Waals surface area contributed by atoms with Gasteiger partial charge in [0.05, 0.1) is 6.61 Å². The molecule has 0 aliphatic carbocycles. The van der Waals surface area contributed by atoms with Crippen molar-refractivity contribution in [3.05, 3.63) is 0 Å². The minimum Gasteiger partial charge on any atom is -0.463 e. The van der Waals surface area contributed by atoms with Crippen molar-refractivity contribution in [2.24, 2.45) is 0 Å². The van der Waals surface area contributed by atoms with E-state index in [0.29, 0.717) is 13.0 Å². The van der Waals surface area contributed by atoms with E-state index in [9.17, 15) is 14.7 Å². The quantitative estimate of drug-likeness (QED) is 0.669. The molecule has 1 aliphatic rings. The van der Waals surface area contributed by atoms with Crippen LogP contribution in [0.25, 0.3) is 0 Å². The standard InChI is InChI=1S/C10H16O6/c1-6(11)15-5-9-10(13)8(3-4-14-9)16-7(2)12/h8-10,13H,3-5H2,1-2H3. The second kappa shape index (κ2) is 5.81. The maximum Gasteiger partial charge on any atom is 0.302 e. The van der Waals surface area contributed by atoms with Gasteiger partial charge in [0.15, 0.2) is 0 Å². The van der Waals surface area contributed by atoms with Gasteiger partial charge < -0.3 is 19.3 Å². The van der Waals surface area contributed by atoms with Crippen LogP contribution >= 0.6 is 0 Å². The van der Waals surface area contributed by atoms with Gasteiger partial charge in [0.1, 0.15) is 24.9 Å². The second-order valence-corrected chi connectivity index (χ2v) is 3.64. The van der Waals surface area contributed by atoms with Gasteiger partial charge in [-0.1, -0.05) is 0 Å². The van der Waals surface area contributed by atoms with Crippen molar-refractivity contribution in [1.29, 1.82) is 0 Å². The minimum atomic E-state index is -0.961. The topological polar surface area (TPSA) is 82.1 Å². The van der Waals surface area contributed by atoms with Gasteiger partial charge in [0.25, 0.3) is 0 Å². The lowest BCUT2D eigenvalue weighted by molar-refractivity contribution is -0.185. The van der Waals surface area contributed by atoms with Crippen LogP contribution in [0.5, 0.6) is 0 Å². The number of esters is 2. The molecule has 1 saturated heterocycles. The van der Waals surface area contributed by atoms with Crippen LogP contribution in [0.2, 0.25) is 0 Å². The summed E-state index contributed by atoms with van der Waals surface area (Å²) >= 11 is 0. The summed E-state index contributed by atoms with van der Waals surface area (Å²) < 4.78 is 14.9. The van der Waals surface area contributed by atoms with E-state index in [1.807, 2.05) is 0 Å². The van der Waals surface area contributed by atoms with Gasteiger partial charge >= 0.3 is 11.9 Å². The van der Waals surface area contributed by atoms with Crippen LogP contribution in [0.4, 0.5) is 0 Å². The molecule has 0 aromatic carbocycles. The molecule has 6 heteroatoms. The van der Waals surface area contributed by atoms with Gasteiger partial charge in [0.2, 0.25) is 0 Å². The Labute approximate surface area is 93.5 Å². The zero-order valence-corrected chi connectivity index (χ0v) is 9.34. The third-order valence-electron chi connectivity index (χ3n) is 2.26. The van der Waals surface area contributed by atoms with Gasteiger partial charge in [-0.3, -0.25) is 9.59 Å². The molecule has 1 aliphatic heterocycles. The molecule has 3 unspecified atom stereocenters. The van der Waals surface area contributed by atoms with Crippen LogP contribution in [0, 0.1) is 0 Å². The summed E-state index contributed by atoms with van der Waals surface area (Å²) in [5, 5.41) is 9.80. The number of hydrogen-bond acceptors (Lipinski definition) is 6. The maximum absolute atomic E-state index is 10.8. The molecule has 1 rings (SSSR count). The van der Waals surface area contributed by atoms with E-state index >= 15 is 0 Å². The summed E-state index contributed by atoms with van der Waals surface area (Å²) in [5.74, 6) is -0.886. The van der Waals surface area contributed by atoms with Crippen LogP contribution < -0.4 is 0 Å². The first-order valence-corrected chi connectivity index (χ1v) is 5.11. The van der Waals surface area contributed by atoms with Gasteiger partial charge in [-0.25, -0.2) is 0 Å². The number of carbonyl (C=O) groups excluding carboxylic acids is 2. The molecule has 0 spiro atoms. The molecule has 6 nitrogen and oxygen atoms in total. The zero-order valence-electron chi connectivity index (χ0n) is 9.34. The lowest BCUT2D eigenvalue weighted by Gasteiger charge is -2.33. The smallest absolute Gasteiger partial charge is 0.302 e. The molecule has 0 aromatic heterocycles. The van der Waals surface area contributed by atoms with Crippen molar-refractivity contribution in [2.75, 3.05) is 13.2 Å². The van der Waals surface area contributed by atoms with Crippen molar-refractivity contribution in [2.45, 2.75) is 38.6 Å². The first-order valence-electron chi connectivity index (χ1n) is 5.11. The van der Waals surface area contributed by atoms with Crippen LogP contribution in [0.1, 0.15) is 20.3 Å². The van der Waals surface area contributed by atoms with Crippen molar-refractivity contribution in [3.8, 4) is 0 Å². The molecular weight excluding hydrogens is 216 g/mol. The van der Waals surface area contributed by atoms with Crippen LogP contribution in [-0.2, 0) is 23.8 Å². The highest BCUT2D eigenvalue weighted by molar-refractivity contribution is 5.66. The minimum absolute atomic E-state index is 0.0335. The van der Waals surface area contributed by atoms with Crippen LogP contribution in [-0.4, -0.2) is 48.6 Å². The summed E-state index contributed by atoms with van der Waals surface area (Å²) in [4.78, 5) is 21.4. The SMILES string of the molecule is CC(=O)OCC1OCCC(OC(C)=O)C1O. The highest BCUT2D eigenvalue weighted by Crippen LogP contribution is 2.18. The van der Waals surface area contributed by atoms with E-state index < -0.39 is 30.3 Å². The zero-order chi connectivity index (χ0) is 12.1. The highest BCUT2D eigenvalue weighted by atomic mass is 16.6. The lowest BCUT2D eigenvalue weighted by atomic mass is 10.0. The van der Waals surface area contributed by atoms with Crippen LogP contribution in [0.15, 0.2) is 0 Å². The Morgan fingerprint density at radius 3 is 2.62 bits per heavy atom. The highest BCUT2D eigenvalue weighted by Gasteiger charge is 2.35. The number of ether oxygens (including phenoxy) is 3. The fourth-order valence-electron chi connectivity index (χ4n) is 1.53. The molecule has 1 N–H and O–H groups in total. The molecule has 0 amide bonds. The van der Waals surface area contributed by atoms with E-state index in [2.05, 4.69) is 0 Å². The van der Waals surface area contributed by atoms with E-state index in [1.54, 1.807) is 0 Å². The number of rotatable bonds is 3. The summed E-state index contributed by atoms with van der Waals surface area (Å²) in [6.07, 6.45) is -1.75. The number of aliphatic hydroxyl groups excluding tert-OH is 1. The molecule has 16 heavy (non-hydrogen) atoms. The van der Waals surface area contributed by atoms with Gasteiger partial charge in [-0.05, 0) is 0 Å². The third kappa shape index (κ3) is 3.79. The van der Waals surface area contributed by atoms with Gasteiger partial charge in [-0.15, -0.1) is 0 Å². The van der Waals surface area contributed by atoms with Gasteiger partial charge in [0, 0.05) is 20.3 Å². The van der Waals surface area contributed by atoms with Crippen molar-refractivity contribution in [1.82, 2.24) is 0 Å². The van der Waals surface area contributed by atoms with Crippen LogP contribution in [0.3, 0.4) is 0 Å². The molecule has 1 heterocycles. The lowest BCUT2D eigenvalue weighted by Crippen LogP contribution is -2.48. The summed E-state index contributed by atoms with van der Waals surface area (Å²) in [6.45, 7) is 2.89. The Morgan fingerprint density at radius 2 is 2.06 bits per heavy atom. The second-order valence-electron chi connectivity index (χ2n) is 3.64. The predicted octanol–water partition coefficient (Wildman–Crippen LogP) is -0.369. The molecule has 0 bridgehead atoms. The van der Waals surface area contributed by atoms with Crippen molar-refractivity contribution >= 4 is 11.9 Å². The molecule has 3 atom stereocenters. The largest absolute Gasteiger partial charge is 0.463 e. The molecule has 0 aromatic rings. The monoisotopic (exact) mass is 232 g/mol. The van der Waals surface area contributed by atoms with E-state index in [0.717, 1.165) is 0 Å². The third-order valence-corrected chi connectivity index (χ3v) is 2.26.